The lowest BCUT2D eigenvalue weighted by Gasteiger charge is -2.35. The van der Waals surface area contributed by atoms with E-state index in [9.17, 15) is 4.79 Å². The van der Waals surface area contributed by atoms with Gasteiger partial charge in [-0.3, -0.25) is 9.69 Å². The van der Waals surface area contributed by atoms with Crippen LogP contribution in [0.25, 0.3) is 0 Å². The SMILES string of the molecule is COc1ccc(C(CNC(=O)COC2CCCCC2)N2CCCCC2)cc1. The van der Waals surface area contributed by atoms with Gasteiger partial charge in [-0.05, 0) is 56.5 Å². The summed E-state index contributed by atoms with van der Waals surface area (Å²) in [6, 6.07) is 8.43. The normalized spacial score (nSPS) is 20.2. The highest BCUT2D eigenvalue weighted by Gasteiger charge is 2.23. The molecule has 1 saturated carbocycles. The average Bonchev–Trinajstić information content (AvgIpc) is 2.74. The van der Waals surface area contributed by atoms with Gasteiger partial charge in [0.1, 0.15) is 12.4 Å². The van der Waals surface area contributed by atoms with Gasteiger partial charge in [0.2, 0.25) is 5.91 Å². The molecule has 150 valence electrons. The summed E-state index contributed by atoms with van der Waals surface area (Å²) < 4.78 is 11.1. The van der Waals surface area contributed by atoms with Crippen molar-refractivity contribution in [3.05, 3.63) is 29.8 Å². The Morgan fingerprint density at radius 2 is 1.74 bits per heavy atom. The number of piperidine rings is 1. The van der Waals surface area contributed by atoms with Crippen LogP contribution >= 0.6 is 0 Å². The zero-order valence-electron chi connectivity index (χ0n) is 16.6. The fourth-order valence-electron chi connectivity index (χ4n) is 4.20. The molecule has 2 fully saturated rings. The van der Waals surface area contributed by atoms with Gasteiger partial charge in [0.25, 0.3) is 0 Å². The molecule has 0 bridgehead atoms. The van der Waals surface area contributed by atoms with Crippen molar-refractivity contribution in [2.45, 2.75) is 63.5 Å². The van der Waals surface area contributed by atoms with E-state index in [0.29, 0.717) is 6.54 Å². The number of nitrogens with one attached hydrogen (secondary N) is 1. The summed E-state index contributed by atoms with van der Waals surface area (Å²) in [5, 5.41) is 3.11. The van der Waals surface area contributed by atoms with Crippen molar-refractivity contribution in [1.29, 1.82) is 0 Å². The third kappa shape index (κ3) is 6.22. The Hall–Kier alpha value is -1.59. The van der Waals surface area contributed by atoms with Crippen molar-refractivity contribution >= 4 is 5.91 Å². The highest BCUT2D eigenvalue weighted by atomic mass is 16.5. The smallest absolute Gasteiger partial charge is 0.246 e. The molecule has 0 aromatic heterocycles. The Labute approximate surface area is 163 Å². The number of nitrogens with zero attached hydrogens (tertiary/aromatic N) is 1. The summed E-state index contributed by atoms with van der Waals surface area (Å²) in [4.78, 5) is 14.8. The predicted octanol–water partition coefficient (Wildman–Crippen LogP) is 3.69. The second-order valence-electron chi connectivity index (χ2n) is 7.76. The van der Waals surface area contributed by atoms with E-state index >= 15 is 0 Å². The predicted molar refractivity (Wildman–Crippen MR) is 107 cm³/mol. The van der Waals surface area contributed by atoms with Crippen LogP contribution in [0.2, 0.25) is 0 Å². The lowest BCUT2D eigenvalue weighted by molar-refractivity contribution is -0.128. The number of hydrogen-bond donors (Lipinski definition) is 1. The van der Waals surface area contributed by atoms with Crippen LogP contribution in [0.15, 0.2) is 24.3 Å². The molecule has 1 N–H and O–H groups in total. The van der Waals surface area contributed by atoms with Crippen molar-refractivity contribution in [3.63, 3.8) is 0 Å². The number of carbonyl (C=O) groups is 1. The number of ether oxygens (including phenoxy) is 2. The lowest BCUT2D eigenvalue weighted by atomic mass is 9.98. The molecule has 0 radical (unpaired) electrons. The Morgan fingerprint density at radius 1 is 1.07 bits per heavy atom. The van der Waals surface area contributed by atoms with Gasteiger partial charge in [-0.25, -0.2) is 0 Å². The van der Waals surface area contributed by atoms with Gasteiger partial charge in [-0.15, -0.1) is 0 Å². The van der Waals surface area contributed by atoms with Crippen molar-refractivity contribution in [2.24, 2.45) is 0 Å². The molecule has 1 amide bonds. The largest absolute Gasteiger partial charge is 0.497 e. The Balaban J connectivity index is 1.54. The highest BCUT2D eigenvalue weighted by Crippen LogP contribution is 2.26. The fourth-order valence-corrected chi connectivity index (χ4v) is 4.20. The van der Waals surface area contributed by atoms with Crippen LogP contribution in [0.5, 0.6) is 5.75 Å². The number of methoxy groups -OCH3 is 1. The third-order valence-electron chi connectivity index (χ3n) is 5.83. The van der Waals surface area contributed by atoms with Gasteiger partial charge in [0.15, 0.2) is 0 Å². The molecule has 5 nitrogen and oxygen atoms in total. The van der Waals surface area contributed by atoms with E-state index < -0.39 is 0 Å². The summed E-state index contributed by atoms with van der Waals surface area (Å²) in [5.41, 5.74) is 1.23. The highest BCUT2D eigenvalue weighted by molar-refractivity contribution is 5.77. The number of amides is 1. The molecule has 0 spiro atoms. The molecule has 1 aromatic rings. The summed E-state index contributed by atoms with van der Waals surface area (Å²) in [6.45, 7) is 2.98. The minimum atomic E-state index is -0.00362. The monoisotopic (exact) mass is 374 g/mol. The number of hydrogen-bond acceptors (Lipinski definition) is 4. The van der Waals surface area contributed by atoms with E-state index in [2.05, 4.69) is 22.3 Å². The Morgan fingerprint density at radius 3 is 2.41 bits per heavy atom. The first-order chi connectivity index (χ1) is 13.3. The van der Waals surface area contributed by atoms with Gasteiger partial charge in [0.05, 0.1) is 19.3 Å². The molecule has 1 aromatic carbocycles. The second kappa shape index (κ2) is 10.7. The van der Waals surface area contributed by atoms with Crippen LogP contribution in [0.1, 0.15) is 63.0 Å². The maximum Gasteiger partial charge on any atom is 0.246 e. The van der Waals surface area contributed by atoms with Gasteiger partial charge in [-0.1, -0.05) is 37.8 Å². The molecule has 3 rings (SSSR count). The van der Waals surface area contributed by atoms with Gasteiger partial charge in [0, 0.05) is 6.54 Å². The Kier molecular flexibility index (Phi) is 7.96. The van der Waals surface area contributed by atoms with Gasteiger partial charge in [-0.2, -0.15) is 0 Å². The molecular weight excluding hydrogens is 340 g/mol. The number of benzene rings is 1. The zero-order valence-corrected chi connectivity index (χ0v) is 16.6. The number of carbonyl (C=O) groups excluding carboxylic acids is 1. The average molecular weight is 375 g/mol. The topological polar surface area (TPSA) is 50.8 Å². The second-order valence-corrected chi connectivity index (χ2v) is 7.76. The quantitative estimate of drug-likeness (QED) is 0.754. The van der Waals surface area contributed by atoms with Crippen LogP contribution in [0.4, 0.5) is 0 Å². The van der Waals surface area contributed by atoms with Crippen LogP contribution in [0.3, 0.4) is 0 Å². The molecule has 1 aliphatic heterocycles. The van der Waals surface area contributed by atoms with Gasteiger partial charge < -0.3 is 14.8 Å². The summed E-state index contributed by atoms with van der Waals surface area (Å²) in [5.74, 6) is 0.858. The molecule has 27 heavy (non-hydrogen) atoms. The first-order valence-electron chi connectivity index (χ1n) is 10.5. The summed E-state index contributed by atoms with van der Waals surface area (Å²) in [7, 11) is 1.68. The van der Waals surface area contributed by atoms with E-state index in [1.165, 1.54) is 44.1 Å². The van der Waals surface area contributed by atoms with Crippen LogP contribution in [-0.4, -0.2) is 50.3 Å². The van der Waals surface area contributed by atoms with Gasteiger partial charge >= 0.3 is 0 Å². The Bertz CT molecular complexity index is 563. The molecule has 1 saturated heterocycles. The maximum absolute atomic E-state index is 12.3. The van der Waals surface area contributed by atoms with E-state index in [1.54, 1.807) is 7.11 Å². The first kappa shape index (κ1) is 20.2. The molecule has 1 heterocycles. The summed E-state index contributed by atoms with van der Waals surface area (Å²) >= 11 is 0. The van der Waals surface area contributed by atoms with Crippen LogP contribution in [0, 0.1) is 0 Å². The van der Waals surface area contributed by atoms with Crippen molar-refractivity contribution < 1.29 is 14.3 Å². The lowest BCUT2D eigenvalue weighted by Crippen LogP contribution is -2.41. The number of likely N-dealkylation sites (tertiary alicyclic amines) is 1. The standard InChI is InChI=1S/C22H34N2O3/c1-26-19-12-10-18(11-13-19)21(24-14-6-3-7-15-24)16-23-22(25)17-27-20-8-4-2-5-9-20/h10-13,20-21H,2-9,14-17H2,1H3,(H,23,25). The summed E-state index contributed by atoms with van der Waals surface area (Å²) in [6.07, 6.45) is 9.95. The van der Waals surface area contributed by atoms with E-state index in [0.717, 1.165) is 31.7 Å². The minimum Gasteiger partial charge on any atom is -0.497 e. The van der Waals surface area contributed by atoms with Crippen LogP contribution < -0.4 is 10.1 Å². The third-order valence-corrected chi connectivity index (χ3v) is 5.83. The fraction of sp³-hybridized carbons (Fsp3) is 0.682. The minimum absolute atomic E-state index is 0.00362. The molecule has 5 heteroatoms. The van der Waals surface area contributed by atoms with E-state index in [1.807, 2.05) is 12.1 Å². The molecular formula is C22H34N2O3. The molecule has 1 atom stereocenters. The van der Waals surface area contributed by atoms with Crippen LogP contribution in [-0.2, 0) is 9.53 Å². The van der Waals surface area contributed by atoms with E-state index in [4.69, 9.17) is 9.47 Å². The first-order valence-corrected chi connectivity index (χ1v) is 10.5. The van der Waals surface area contributed by atoms with Crippen molar-refractivity contribution in [1.82, 2.24) is 10.2 Å². The molecule has 1 unspecified atom stereocenters. The molecule has 1 aliphatic carbocycles. The number of rotatable bonds is 8. The molecule has 2 aliphatic rings. The zero-order chi connectivity index (χ0) is 18.9. The van der Waals surface area contributed by atoms with E-state index in [-0.39, 0.29) is 24.7 Å². The van der Waals surface area contributed by atoms with Crippen molar-refractivity contribution in [2.75, 3.05) is 33.4 Å². The van der Waals surface area contributed by atoms with Crippen molar-refractivity contribution in [3.8, 4) is 5.75 Å². The maximum atomic E-state index is 12.3.